The summed E-state index contributed by atoms with van der Waals surface area (Å²) in [4.78, 5) is 15.0. The normalized spacial score (nSPS) is 18.8. The molecule has 1 N–H and O–H groups in total. The minimum Gasteiger partial charge on any atom is -0.444 e. The van der Waals surface area contributed by atoms with Crippen molar-refractivity contribution >= 4 is 38.0 Å². The average molecular weight is 618 g/mol. The molecule has 3 aromatic carbocycles. The van der Waals surface area contributed by atoms with Crippen molar-refractivity contribution in [3.63, 3.8) is 0 Å². The Hall–Kier alpha value is -2.22. The van der Waals surface area contributed by atoms with Gasteiger partial charge < -0.3 is 10.1 Å². The first-order valence-corrected chi connectivity index (χ1v) is 13.7. The molecule has 1 amide bonds. The lowest BCUT2D eigenvalue weighted by molar-refractivity contribution is 0.0221. The summed E-state index contributed by atoms with van der Waals surface area (Å²) in [6.45, 7) is 6.16. The van der Waals surface area contributed by atoms with Crippen molar-refractivity contribution in [2.24, 2.45) is 0 Å². The molecule has 3 aromatic rings. The minimum absolute atomic E-state index is 0.0312. The van der Waals surface area contributed by atoms with Crippen LogP contribution in [-0.2, 0) is 11.2 Å². The van der Waals surface area contributed by atoms with Crippen molar-refractivity contribution in [1.82, 2.24) is 10.2 Å². The van der Waals surface area contributed by atoms with Crippen LogP contribution in [0.4, 0.5) is 9.18 Å². The Balaban J connectivity index is 1.60. The Morgan fingerprint density at radius 1 is 1.06 bits per heavy atom. The van der Waals surface area contributed by atoms with Crippen molar-refractivity contribution < 1.29 is 13.9 Å². The fraction of sp³-hybridized carbons (Fsp3) is 0.345. The maximum atomic E-state index is 13.7. The zero-order valence-corrected chi connectivity index (χ0v) is 23.9. The number of hydrogen-bond donors (Lipinski definition) is 1. The van der Waals surface area contributed by atoms with Crippen molar-refractivity contribution in [2.75, 3.05) is 6.54 Å². The first-order chi connectivity index (χ1) is 17.1. The van der Waals surface area contributed by atoms with Gasteiger partial charge in [0.25, 0.3) is 0 Å². The van der Waals surface area contributed by atoms with Gasteiger partial charge in [-0.05, 0) is 80.6 Å². The maximum absolute atomic E-state index is 13.7. The number of halogens is 3. The molecule has 0 saturated carbocycles. The summed E-state index contributed by atoms with van der Waals surface area (Å²) in [6.07, 6.45) is 1.15. The monoisotopic (exact) mass is 616 g/mol. The highest BCUT2D eigenvalue weighted by Crippen LogP contribution is 2.36. The van der Waals surface area contributed by atoms with E-state index in [0.717, 1.165) is 38.5 Å². The second kappa shape index (κ2) is 11.4. The van der Waals surface area contributed by atoms with Gasteiger partial charge >= 0.3 is 6.09 Å². The predicted octanol–water partition coefficient (Wildman–Crippen LogP) is 7.97. The van der Waals surface area contributed by atoms with Gasteiger partial charge in [0.2, 0.25) is 0 Å². The van der Waals surface area contributed by atoms with Gasteiger partial charge in [-0.25, -0.2) is 9.18 Å². The molecule has 0 radical (unpaired) electrons. The molecule has 1 fully saturated rings. The van der Waals surface area contributed by atoms with E-state index in [9.17, 15) is 9.18 Å². The SMILES string of the molecule is CC(C)(C)OC(=O)N1CC(NC(Cc2ccccc2Br)c2ccc(F)cc2)CC1c1ccc(Br)cc1. The summed E-state index contributed by atoms with van der Waals surface area (Å²) >= 11 is 7.17. The first-order valence-electron chi connectivity index (χ1n) is 12.1. The van der Waals surface area contributed by atoms with E-state index >= 15 is 0 Å². The lowest BCUT2D eigenvalue weighted by Crippen LogP contribution is -2.40. The summed E-state index contributed by atoms with van der Waals surface area (Å²) in [5.74, 6) is -0.259. The third-order valence-corrected chi connectivity index (χ3v) is 7.58. The molecule has 190 valence electrons. The van der Waals surface area contributed by atoms with E-state index in [1.807, 2.05) is 80.3 Å². The van der Waals surface area contributed by atoms with E-state index in [2.05, 4.69) is 43.2 Å². The van der Waals surface area contributed by atoms with Crippen molar-refractivity contribution in [2.45, 2.75) is 57.3 Å². The summed E-state index contributed by atoms with van der Waals surface area (Å²) in [6, 6.07) is 22.7. The molecule has 1 aliphatic rings. The van der Waals surface area contributed by atoms with Crippen molar-refractivity contribution in [1.29, 1.82) is 0 Å². The van der Waals surface area contributed by atoms with Gasteiger partial charge in [0.15, 0.2) is 0 Å². The molecule has 0 spiro atoms. The van der Waals surface area contributed by atoms with Crippen LogP contribution in [0.2, 0.25) is 0 Å². The highest BCUT2D eigenvalue weighted by atomic mass is 79.9. The van der Waals surface area contributed by atoms with Gasteiger partial charge in [-0.3, -0.25) is 4.90 Å². The summed E-state index contributed by atoms with van der Waals surface area (Å²) in [5, 5.41) is 3.78. The van der Waals surface area contributed by atoms with E-state index in [4.69, 9.17) is 4.74 Å². The molecule has 1 heterocycles. The average Bonchev–Trinajstić information content (AvgIpc) is 3.24. The number of amides is 1. The van der Waals surface area contributed by atoms with E-state index in [1.165, 1.54) is 12.1 Å². The largest absolute Gasteiger partial charge is 0.444 e. The van der Waals surface area contributed by atoms with Gasteiger partial charge in [0.1, 0.15) is 11.4 Å². The van der Waals surface area contributed by atoms with Crippen LogP contribution in [0.15, 0.2) is 81.7 Å². The molecule has 0 bridgehead atoms. The Kier molecular flexibility index (Phi) is 8.53. The molecule has 1 aliphatic heterocycles. The maximum Gasteiger partial charge on any atom is 0.410 e. The Labute approximate surface area is 229 Å². The number of ether oxygens (including phenoxy) is 1. The van der Waals surface area contributed by atoms with Crippen LogP contribution in [0.3, 0.4) is 0 Å². The summed E-state index contributed by atoms with van der Waals surface area (Å²) < 4.78 is 21.5. The molecule has 4 rings (SSSR count). The van der Waals surface area contributed by atoms with Crippen molar-refractivity contribution in [3.05, 3.63) is 104 Å². The Bertz CT molecular complexity index is 1180. The molecule has 36 heavy (non-hydrogen) atoms. The molecule has 0 aromatic heterocycles. The Morgan fingerprint density at radius 3 is 2.36 bits per heavy atom. The Morgan fingerprint density at radius 2 is 1.72 bits per heavy atom. The fourth-order valence-electron chi connectivity index (χ4n) is 4.62. The predicted molar refractivity (Wildman–Crippen MR) is 148 cm³/mol. The van der Waals surface area contributed by atoms with Gasteiger partial charge in [0, 0.05) is 27.6 Å². The number of nitrogens with one attached hydrogen (secondary N) is 1. The topological polar surface area (TPSA) is 41.6 Å². The third-order valence-electron chi connectivity index (χ3n) is 6.28. The molecule has 3 unspecified atom stereocenters. The molecular weight excluding hydrogens is 587 g/mol. The number of carbonyl (C=O) groups excluding carboxylic acids is 1. The lowest BCUT2D eigenvalue weighted by atomic mass is 9.97. The zero-order valence-electron chi connectivity index (χ0n) is 20.7. The minimum atomic E-state index is -0.580. The standard InChI is InChI=1S/C29H31Br2FN2O2/c1-29(2,3)36-28(35)34-18-24(17-27(34)20-8-12-22(30)13-9-20)33-26(19-10-14-23(32)15-11-19)16-21-6-4-5-7-25(21)31/h4-15,24,26-27,33H,16-18H2,1-3H3. The second-order valence-corrected chi connectivity index (χ2v) is 12.0. The second-order valence-electron chi connectivity index (χ2n) is 10.2. The quantitative estimate of drug-likeness (QED) is 0.305. The molecule has 4 nitrogen and oxygen atoms in total. The van der Waals surface area contributed by atoms with Crippen molar-refractivity contribution in [3.8, 4) is 0 Å². The number of rotatable bonds is 6. The van der Waals surface area contributed by atoms with Crippen LogP contribution in [0.5, 0.6) is 0 Å². The molecule has 7 heteroatoms. The molecular formula is C29H31Br2FN2O2. The smallest absolute Gasteiger partial charge is 0.410 e. The van der Waals surface area contributed by atoms with E-state index in [-0.39, 0.29) is 30.0 Å². The summed E-state index contributed by atoms with van der Waals surface area (Å²) in [5.41, 5.74) is 2.65. The van der Waals surface area contributed by atoms with Crippen LogP contribution in [0.1, 0.15) is 56.0 Å². The number of hydrogen-bond acceptors (Lipinski definition) is 3. The lowest BCUT2D eigenvalue weighted by Gasteiger charge is -2.29. The van der Waals surface area contributed by atoms with E-state index in [0.29, 0.717) is 6.54 Å². The van der Waals surface area contributed by atoms with Crippen LogP contribution < -0.4 is 5.32 Å². The van der Waals surface area contributed by atoms with Crippen LogP contribution >= 0.6 is 31.9 Å². The number of likely N-dealkylation sites (tertiary alicyclic amines) is 1. The van der Waals surface area contributed by atoms with E-state index in [1.54, 1.807) is 0 Å². The number of benzene rings is 3. The number of carbonyl (C=O) groups is 1. The molecule has 3 atom stereocenters. The highest BCUT2D eigenvalue weighted by Gasteiger charge is 2.39. The van der Waals surface area contributed by atoms with Crippen LogP contribution in [0, 0.1) is 5.82 Å². The van der Waals surface area contributed by atoms with Gasteiger partial charge in [-0.1, -0.05) is 74.3 Å². The summed E-state index contributed by atoms with van der Waals surface area (Å²) in [7, 11) is 0. The first kappa shape index (κ1) is 26.8. The molecule has 0 aliphatic carbocycles. The van der Waals surface area contributed by atoms with Gasteiger partial charge in [-0.2, -0.15) is 0 Å². The van der Waals surface area contributed by atoms with Crippen LogP contribution in [0.25, 0.3) is 0 Å². The fourth-order valence-corrected chi connectivity index (χ4v) is 5.33. The third kappa shape index (κ3) is 6.96. The molecule has 1 saturated heterocycles. The number of nitrogens with zero attached hydrogens (tertiary/aromatic N) is 1. The van der Waals surface area contributed by atoms with Gasteiger partial charge in [-0.15, -0.1) is 0 Å². The van der Waals surface area contributed by atoms with Crippen LogP contribution in [-0.4, -0.2) is 29.2 Å². The van der Waals surface area contributed by atoms with E-state index < -0.39 is 5.60 Å². The zero-order chi connectivity index (χ0) is 25.9. The van der Waals surface area contributed by atoms with Gasteiger partial charge in [0.05, 0.1) is 6.04 Å². The highest BCUT2D eigenvalue weighted by molar-refractivity contribution is 9.10.